The van der Waals surface area contributed by atoms with Crippen molar-refractivity contribution in [2.45, 2.75) is 51.5 Å². The lowest BCUT2D eigenvalue weighted by Gasteiger charge is -2.22. The molecule has 2 aliphatic rings. The summed E-state index contributed by atoms with van der Waals surface area (Å²) in [7, 11) is 0. The van der Waals surface area contributed by atoms with Gasteiger partial charge in [-0.1, -0.05) is 48.5 Å². The Morgan fingerprint density at radius 2 is 1.84 bits per heavy atom. The maximum atomic E-state index is 13.2. The number of benzene rings is 2. The van der Waals surface area contributed by atoms with E-state index in [1.54, 1.807) is 0 Å². The van der Waals surface area contributed by atoms with Crippen LogP contribution in [-0.2, 0) is 39.4 Å². The lowest BCUT2D eigenvalue weighted by Crippen LogP contribution is -2.43. The van der Waals surface area contributed by atoms with E-state index in [4.69, 9.17) is 4.74 Å². The molecule has 1 atom stereocenters. The first-order chi connectivity index (χ1) is 14.9. The lowest BCUT2D eigenvalue weighted by atomic mass is 9.92. The van der Waals surface area contributed by atoms with Gasteiger partial charge in [-0.2, -0.15) is 0 Å². The highest BCUT2D eigenvalue weighted by atomic mass is 16.5. The van der Waals surface area contributed by atoms with Crippen LogP contribution in [0.3, 0.4) is 0 Å². The first-order valence-corrected chi connectivity index (χ1v) is 10.6. The number of hydrogen-bond donors (Lipinski definition) is 2. The maximum Gasteiger partial charge on any atom is 0.325 e. The molecule has 1 heterocycles. The fourth-order valence-electron chi connectivity index (χ4n) is 4.25. The monoisotopic (exact) mass is 421 g/mol. The molecule has 0 bridgehead atoms. The second-order valence-electron chi connectivity index (χ2n) is 8.29. The van der Waals surface area contributed by atoms with E-state index in [2.05, 4.69) is 10.6 Å². The summed E-state index contributed by atoms with van der Waals surface area (Å²) >= 11 is 0. The summed E-state index contributed by atoms with van der Waals surface area (Å²) in [4.78, 5) is 39.3. The zero-order valence-corrected chi connectivity index (χ0v) is 17.8. The SMILES string of the molecule is CC(C)OCc1ccccc1CNC(=O)CN1C(=O)NC2(CCc3ccccc32)C1=O. The van der Waals surface area contributed by atoms with E-state index in [1.165, 1.54) is 0 Å². The summed E-state index contributed by atoms with van der Waals surface area (Å²) < 4.78 is 5.67. The summed E-state index contributed by atoms with van der Waals surface area (Å²) in [5.41, 5.74) is 2.77. The van der Waals surface area contributed by atoms with Crippen molar-refractivity contribution in [2.75, 3.05) is 6.54 Å². The van der Waals surface area contributed by atoms with Crippen LogP contribution in [0.4, 0.5) is 4.79 Å². The molecule has 1 aliphatic carbocycles. The zero-order valence-electron chi connectivity index (χ0n) is 17.8. The van der Waals surface area contributed by atoms with Gasteiger partial charge in [0.05, 0.1) is 12.7 Å². The van der Waals surface area contributed by atoms with E-state index in [1.807, 2.05) is 62.4 Å². The quantitative estimate of drug-likeness (QED) is 0.673. The van der Waals surface area contributed by atoms with Crippen molar-refractivity contribution in [3.8, 4) is 0 Å². The summed E-state index contributed by atoms with van der Waals surface area (Å²) in [5.74, 6) is -0.741. The van der Waals surface area contributed by atoms with Crippen LogP contribution >= 0.6 is 0 Å². The van der Waals surface area contributed by atoms with Gasteiger partial charge in [-0.25, -0.2) is 4.79 Å². The highest BCUT2D eigenvalue weighted by molar-refractivity contribution is 6.09. The van der Waals surface area contributed by atoms with Gasteiger partial charge in [0.25, 0.3) is 5.91 Å². The minimum Gasteiger partial charge on any atom is -0.374 e. The van der Waals surface area contributed by atoms with Crippen LogP contribution in [-0.4, -0.2) is 35.4 Å². The van der Waals surface area contributed by atoms with Crippen LogP contribution < -0.4 is 10.6 Å². The number of hydrogen-bond acceptors (Lipinski definition) is 4. The first-order valence-electron chi connectivity index (χ1n) is 10.6. The van der Waals surface area contributed by atoms with Gasteiger partial charge >= 0.3 is 6.03 Å². The molecular weight excluding hydrogens is 394 g/mol. The number of ether oxygens (including phenoxy) is 1. The number of urea groups is 1. The molecule has 4 rings (SSSR count). The molecule has 1 fully saturated rings. The molecule has 1 saturated heterocycles. The third-order valence-corrected chi connectivity index (χ3v) is 5.89. The fourth-order valence-corrected chi connectivity index (χ4v) is 4.25. The Morgan fingerprint density at radius 1 is 1.13 bits per heavy atom. The molecule has 162 valence electrons. The van der Waals surface area contributed by atoms with Crippen LogP contribution in [0, 0.1) is 0 Å². The highest BCUT2D eigenvalue weighted by Gasteiger charge is 2.55. The van der Waals surface area contributed by atoms with E-state index in [0.29, 0.717) is 19.6 Å². The molecule has 2 N–H and O–H groups in total. The molecule has 0 radical (unpaired) electrons. The predicted molar refractivity (Wildman–Crippen MR) is 115 cm³/mol. The number of rotatable bonds is 7. The van der Waals surface area contributed by atoms with Gasteiger partial charge in [0.15, 0.2) is 0 Å². The van der Waals surface area contributed by atoms with Crippen molar-refractivity contribution in [1.82, 2.24) is 15.5 Å². The minimum absolute atomic E-state index is 0.107. The lowest BCUT2D eigenvalue weighted by molar-refractivity contribution is -0.135. The number of nitrogens with one attached hydrogen (secondary N) is 2. The molecule has 31 heavy (non-hydrogen) atoms. The van der Waals surface area contributed by atoms with Crippen LogP contribution in [0.15, 0.2) is 48.5 Å². The van der Waals surface area contributed by atoms with Gasteiger partial charge in [-0.3, -0.25) is 14.5 Å². The summed E-state index contributed by atoms with van der Waals surface area (Å²) in [6.45, 7) is 4.39. The third kappa shape index (κ3) is 4.05. The number of imide groups is 1. The zero-order chi connectivity index (χ0) is 22.0. The van der Waals surface area contributed by atoms with Crippen LogP contribution in [0.2, 0.25) is 0 Å². The second kappa shape index (κ2) is 8.51. The molecule has 0 aromatic heterocycles. The van der Waals surface area contributed by atoms with Crippen molar-refractivity contribution in [1.29, 1.82) is 0 Å². The Morgan fingerprint density at radius 3 is 2.61 bits per heavy atom. The summed E-state index contributed by atoms with van der Waals surface area (Å²) in [5, 5.41) is 5.67. The molecule has 2 aromatic carbocycles. The molecule has 1 aliphatic heterocycles. The van der Waals surface area contributed by atoms with E-state index < -0.39 is 11.6 Å². The van der Waals surface area contributed by atoms with Crippen molar-refractivity contribution >= 4 is 17.8 Å². The van der Waals surface area contributed by atoms with Crippen molar-refractivity contribution in [2.24, 2.45) is 0 Å². The third-order valence-electron chi connectivity index (χ3n) is 5.89. The van der Waals surface area contributed by atoms with Gasteiger partial charge in [0, 0.05) is 6.54 Å². The van der Waals surface area contributed by atoms with Crippen molar-refractivity contribution in [3.63, 3.8) is 0 Å². The molecule has 2 aromatic rings. The molecule has 1 unspecified atom stereocenters. The van der Waals surface area contributed by atoms with E-state index in [-0.39, 0.29) is 24.5 Å². The maximum absolute atomic E-state index is 13.2. The number of amides is 4. The molecule has 4 amide bonds. The first kappa shape index (κ1) is 21.1. The van der Waals surface area contributed by atoms with Gasteiger partial charge in [0.1, 0.15) is 12.1 Å². The van der Waals surface area contributed by atoms with E-state index >= 15 is 0 Å². The average molecular weight is 421 g/mol. The highest BCUT2D eigenvalue weighted by Crippen LogP contribution is 2.41. The summed E-state index contributed by atoms with van der Waals surface area (Å²) in [6, 6.07) is 14.8. The predicted octanol–water partition coefficient (Wildman–Crippen LogP) is 2.62. The number of carbonyl (C=O) groups is 3. The fraction of sp³-hybridized carbons (Fsp3) is 0.375. The smallest absolute Gasteiger partial charge is 0.325 e. The van der Waals surface area contributed by atoms with Crippen LogP contribution in [0.1, 0.15) is 42.5 Å². The van der Waals surface area contributed by atoms with Crippen LogP contribution in [0.25, 0.3) is 0 Å². The largest absolute Gasteiger partial charge is 0.374 e. The molecule has 1 spiro atoms. The van der Waals surface area contributed by atoms with Gasteiger partial charge in [-0.05, 0) is 48.9 Å². The van der Waals surface area contributed by atoms with Gasteiger partial charge < -0.3 is 15.4 Å². The Balaban J connectivity index is 1.40. The van der Waals surface area contributed by atoms with Crippen LogP contribution in [0.5, 0.6) is 0 Å². The normalized spacial score (nSPS) is 19.8. The topological polar surface area (TPSA) is 87.7 Å². The van der Waals surface area contributed by atoms with Gasteiger partial charge in [-0.15, -0.1) is 0 Å². The summed E-state index contributed by atoms with van der Waals surface area (Å²) in [6.07, 6.45) is 1.34. The Hall–Kier alpha value is -3.19. The Kier molecular flexibility index (Phi) is 5.78. The molecule has 0 saturated carbocycles. The van der Waals surface area contributed by atoms with E-state index in [0.717, 1.165) is 33.6 Å². The molecule has 7 nitrogen and oxygen atoms in total. The van der Waals surface area contributed by atoms with Gasteiger partial charge in [0.2, 0.25) is 5.91 Å². The number of aryl methyl sites for hydroxylation is 1. The number of nitrogens with zero attached hydrogens (tertiary/aromatic N) is 1. The second-order valence-corrected chi connectivity index (χ2v) is 8.29. The Labute approximate surface area is 181 Å². The molecular formula is C24H27N3O4. The minimum atomic E-state index is -1.05. The number of fused-ring (bicyclic) bond motifs is 2. The van der Waals surface area contributed by atoms with Crippen molar-refractivity contribution in [3.05, 3.63) is 70.8 Å². The Bertz CT molecular complexity index is 1020. The standard InChI is InChI=1S/C24H27N3O4/c1-16(2)31-15-19-9-4-3-8-18(19)13-25-21(28)14-27-22(29)24(26-23(27)30)12-11-17-7-5-6-10-20(17)24/h3-10,16H,11-15H2,1-2H3,(H,25,28)(H,26,30). The average Bonchev–Trinajstić information content (AvgIpc) is 3.24. The van der Waals surface area contributed by atoms with E-state index in [9.17, 15) is 14.4 Å². The number of carbonyl (C=O) groups excluding carboxylic acids is 3. The molecule has 7 heteroatoms. The van der Waals surface area contributed by atoms with Crippen molar-refractivity contribution < 1.29 is 19.1 Å².